The number of nitrogens with two attached hydrogens (primary N) is 1. The van der Waals surface area contributed by atoms with Crippen LogP contribution < -0.4 is 5.73 Å². The number of hydrogen-bond acceptors (Lipinski definition) is 2. The van der Waals surface area contributed by atoms with Crippen molar-refractivity contribution in [2.24, 2.45) is 5.73 Å². The average Bonchev–Trinajstić information content (AvgIpc) is 2.05. The van der Waals surface area contributed by atoms with Gasteiger partial charge < -0.3 is 5.73 Å². The third kappa shape index (κ3) is 1.34. The van der Waals surface area contributed by atoms with E-state index in [9.17, 15) is 0 Å². The lowest BCUT2D eigenvalue weighted by atomic mass is 10.1. The normalized spacial score (nSPS) is 8.80. The Kier molecular flexibility index (Phi) is 2.03. The Morgan fingerprint density at radius 3 is 3.10 bits per heavy atom. The van der Waals surface area contributed by atoms with Crippen LogP contribution >= 0.6 is 0 Å². The first-order chi connectivity index (χ1) is 4.86. The van der Waals surface area contributed by atoms with E-state index in [-0.39, 0.29) is 0 Å². The van der Waals surface area contributed by atoms with Gasteiger partial charge in [0.25, 0.3) is 0 Å². The Morgan fingerprint density at radius 2 is 2.50 bits per heavy atom. The minimum atomic E-state index is 0.440. The summed E-state index contributed by atoms with van der Waals surface area (Å²) >= 11 is 0. The highest BCUT2D eigenvalue weighted by Gasteiger charge is 1.90. The van der Waals surface area contributed by atoms with Crippen molar-refractivity contribution in [3.8, 4) is 6.07 Å². The molecule has 2 N–H and O–H groups in total. The van der Waals surface area contributed by atoms with Crippen molar-refractivity contribution in [3.63, 3.8) is 0 Å². The molecule has 1 rings (SSSR count). The molecular formula is C8H7N2. The molecule has 0 saturated carbocycles. The first-order valence-corrected chi connectivity index (χ1v) is 2.97. The van der Waals surface area contributed by atoms with E-state index in [1.165, 1.54) is 0 Å². The molecule has 0 aliphatic heterocycles. The van der Waals surface area contributed by atoms with Gasteiger partial charge in [-0.25, -0.2) is 0 Å². The molecule has 10 heavy (non-hydrogen) atoms. The second-order valence-corrected chi connectivity index (χ2v) is 1.92. The van der Waals surface area contributed by atoms with Crippen molar-refractivity contribution in [1.82, 2.24) is 0 Å². The van der Waals surface area contributed by atoms with Gasteiger partial charge in [-0.2, -0.15) is 5.26 Å². The molecule has 1 radical (unpaired) electrons. The highest BCUT2D eigenvalue weighted by molar-refractivity contribution is 5.31. The van der Waals surface area contributed by atoms with Gasteiger partial charge in [0.05, 0.1) is 11.6 Å². The average molecular weight is 131 g/mol. The zero-order valence-electron chi connectivity index (χ0n) is 5.46. The van der Waals surface area contributed by atoms with Crippen LogP contribution in [0.3, 0.4) is 0 Å². The molecule has 0 heterocycles. The van der Waals surface area contributed by atoms with Crippen LogP contribution in [0.1, 0.15) is 11.1 Å². The van der Waals surface area contributed by atoms with E-state index in [1.807, 2.05) is 6.07 Å². The Balaban J connectivity index is 3.01. The predicted octanol–water partition coefficient (Wildman–Crippen LogP) is 0.817. The maximum absolute atomic E-state index is 8.45. The minimum absolute atomic E-state index is 0.440. The van der Waals surface area contributed by atoms with E-state index in [4.69, 9.17) is 11.0 Å². The van der Waals surface area contributed by atoms with Gasteiger partial charge in [0, 0.05) is 6.54 Å². The van der Waals surface area contributed by atoms with Gasteiger partial charge in [0.1, 0.15) is 0 Å². The smallest absolute Gasteiger partial charge is 0.0991 e. The summed E-state index contributed by atoms with van der Waals surface area (Å²) in [6.07, 6.45) is 0. The van der Waals surface area contributed by atoms with Crippen molar-refractivity contribution in [2.75, 3.05) is 0 Å². The summed E-state index contributed by atoms with van der Waals surface area (Å²) in [6, 6.07) is 10.1. The van der Waals surface area contributed by atoms with Gasteiger partial charge >= 0.3 is 0 Å². The topological polar surface area (TPSA) is 49.8 Å². The van der Waals surface area contributed by atoms with E-state index < -0.39 is 0 Å². The predicted molar refractivity (Wildman–Crippen MR) is 37.9 cm³/mol. The summed E-state index contributed by atoms with van der Waals surface area (Å²) < 4.78 is 0. The van der Waals surface area contributed by atoms with Crippen LogP contribution in [0.25, 0.3) is 0 Å². The lowest BCUT2D eigenvalue weighted by Gasteiger charge is -1.93. The zero-order chi connectivity index (χ0) is 7.40. The molecule has 49 valence electrons. The molecule has 0 spiro atoms. The third-order valence-electron chi connectivity index (χ3n) is 1.21. The minimum Gasteiger partial charge on any atom is -0.326 e. The summed E-state index contributed by atoms with van der Waals surface area (Å²) in [5.74, 6) is 0. The number of rotatable bonds is 1. The van der Waals surface area contributed by atoms with Gasteiger partial charge in [-0.15, -0.1) is 0 Å². The summed E-state index contributed by atoms with van der Waals surface area (Å²) in [4.78, 5) is 0. The van der Waals surface area contributed by atoms with Gasteiger partial charge in [-0.3, -0.25) is 0 Å². The van der Waals surface area contributed by atoms with E-state index in [0.717, 1.165) is 5.56 Å². The summed E-state index contributed by atoms with van der Waals surface area (Å²) in [5.41, 5.74) is 6.85. The van der Waals surface area contributed by atoms with Gasteiger partial charge in [0.15, 0.2) is 0 Å². The quantitative estimate of drug-likeness (QED) is 0.613. The van der Waals surface area contributed by atoms with Gasteiger partial charge in [-0.1, -0.05) is 6.07 Å². The van der Waals surface area contributed by atoms with Crippen molar-refractivity contribution >= 4 is 0 Å². The monoisotopic (exact) mass is 131 g/mol. The molecule has 2 heteroatoms. The van der Waals surface area contributed by atoms with Crippen LogP contribution in [0.2, 0.25) is 0 Å². The number of hydrogen-bond donors (Lipinski definition) is 1. The standard InChI is InChI=1S/C8H7N2/c9-5-7-2-1-3-8(4-7)6-10/h1-2,4H,6,10H2. The summed E-state index contributed by atoms with van der Waals surface area (Å²) in [5, 5.41) is 8.45. The molecule has 1 aromatic carbocycles. The third-order valence-corrected chi connectivity index (χ3v) is 1.21. The van der Waals surface area contributed by atoms with Gasteiger partial charge in [-0.05, 0) is 23.8 Å². The van der Waals surface area contributed by atoms with Crippen LogP contribution in [-0.2, 0) is 6.54 Å². The van der Waals surface area contributed by atoms with Crippen LogP contribution in [-0.4, -0.2) is 0 Å². The molecule has 0 amide bonds. The maximum Gasteiger partial charge on any atom is 0.0991 e. The molecular weight excluding hydrogens is 124 g/mol. The number of nitriles is 1. The largest absolute Gasteiger partial charge is 0.326 e. The summed E-state index contributed by atoms with van der Waals surface area (Å²) in [6.45, 7) is 0.440. The fourth-order valence-electron chi connectivity index (χ4n) is 0.703. The first kappa shape index (κ1) is 6.79. The Hall–Kier alpha value is -1.33. The SMILES string of the molecule is N#Cc1cc[c]c(CN)c1. The number of benzene rings is 1. The number of nitrogens with zero attached hydrogens (tertiary/aromatic N) is 1. The zero-order valence-corrected chi connectivity index (χ0v) is 5.46. The van der Waals surface area contributed by atoms with Crippen LogP contribution in [0.15, 0.2) is 18.2 Å². The molecule has 0 fully saturated rings. The fraction of sp³-hybridized carbons (Fsp3) is 0.125. The molecule has 0 aliphatic carbocycles. The molecule has 1 aromatic rings. The molecule has 0 saturated heterocycles. The molecule has 0 atom stereocenters. The Morgan fingerprint density at radius 1 is 1.70 bits per heavy atom. The Bertz CT molecular complexity index is 260. The fourth-order valence-corrected chi connectivity index (χ4v) is 0.703. The second-order valence-electron chi connectivity index (χ2n) is 1.92. The van der Waals surface area contributed by atoms with Crippen LogP contribution in [0.4, 0.5) is 0 Å². The van der Waals surface area contributed by atoms with E-state index in [2.05, 4.69) is 6.07 Å². The van der Waals surface area contributed by atoms with Crippen LogP contribution in [0, 0.1) is 17.4 Å². The van der Waals surface area contributed by atoms with Crippen molar-refractivity contribution in [2.45, 2.75) is 6.54 Å². The van der Waals surface area contributed by atoms with Crippen molar-refractivity contribution in [1.29, 1.82) is 5.26 Å². The van der Waals surface area contributed by atoms with E-state index in [1.54, 1.807) is 18.2 Å². The molecule has 0 aliphatic rings. The van der Waals surface area contributed by atoms with Crippen molar-refractivity contribution in [3.05, 3.63) is 35.4 Å². The lowest BCUT2D eigenvalue weighted by Crippen LogP contribution is -1.95. The highest BCUT2D eigenvalue weighted by Crippen LogP contribution is 2.01. The van der Waals surface area contributed by atoms with E-state index >= 15 is 0 Å². The highest BCUT2D eigenvalue weighted by atomic mass is 14.5. The second kappa shape index (κ2) is 3.00. The van der Waals surface area contributed by atoms with Crippen LogP contribution in [0.5, 0.6) is 0 Å². The molecule has 0 unspecified atom stereocenters. The molecule has 0 bridgehead atoms. The first-order valence-electron chi connectivity index (χ1n) is 2.97. The summed E-state index contributed by atoms with van der Waals surface area (Å²) in [7, 11) is 0. The van der Waals surface area contributed by atoms with E-state index in [0.29, 0.717) is 12.1 Å². The maximum atomic E-state index is 8.45. The molecule has 0 aromatic heterocycles. The Labute approximate surface area is 59.9 Å². The van der Waals surface area contributed by atoms with Gasteiger partial charge in [0.2, 0.25) is 0 Å². The molecule has 2 nitrogen and oxygen atoms in total. The van der Waals surface area contributed by atoms with Crippen molar-refractivity contribution < 1.29 is 0 Å². The lowest BCUT2D eigenvalue weighted by molar-refractivity contribution is 1.07.